The normalized spacial score (nSPS) is 18.7. The van der Waals surface area contributed by atoms with E-state index in [0.29, 0.717) is 12.5 Å². The van der Waals surface area contributed by atoms with E-state index < -0.39 is 0 Å². The Labute approximate surface area is 189 Å². The first-order valence-corrected chi connectivity index (χ1v) is 11.3. The van der Waals surface area contributed by atoms with Crippen LogP contribution in [0.4, 0.5) is 0 Å². The molecule has 1 aliphatic carbocycles. The lowest BCUT2D eigenvalue weighted by Crippen LogP contribution is -2.41. The highest BCUT2D eigenvalue weighted by atomic mass is 16.5. The van der Waals surface area contributed by atoms with Crippen molar-refractivity contribution >= 4 is 22.8 Å². The molecule has 0 bridgehead atoms. The summed E-state index contributed by atoms with van der Waals surface area (Å²) in [5, 5.41) is 14.9. The molecular weight excluding hydrogens is 396 g/mol. The minimum Gasteiger partial charge on any atom is -0.489 e. The van der Waals surface area contributed by atoms with Crippen LogP contribution >= 0.6 is 0 Å². The molecule has 0 unspecified atom stereocenters. The van der Waals surface area contributed by atoms with Crippen molar-refractivity contribution < 1.29 is 9.53 Å². The zero-order valence-corrected chi connectivity index (χ0v) is 18.4. The molecule has 32 heavy (non-hydrogen) atoms. The van der Waals surface area contributed by atoms with Crippen LogP contribution in [0, 0.1) is 17.2 Å². The summed E-state index contributed by atoms with van der Waals surface area (Å²) in [4.78, 5) is 12.6. The van der Waals surface area contributed by atoms with Crippen LogP contribution in [-0.4, -0.2) is 11.9 Å². The highest BCUT2D eigenvalue weighted by molar-refractivity contribution is 6.01. The van der Waals surface area contributed by atoms with E-state index in [9.17, 15) is 10.1 Å². The number of hydrogen-bond acceptors (Lipinski definition) is 3. The third kappa shape index (κ3) is 5.18. The number of nitrogens with one attached hydrogen (secondary N) is 1. The van der Waals surface area contributed by atoms with Crippen LogP contribution in [0.3, 0.4) is 0 Å². The summed E-state index contributed by atoms with van der Waals surface area (Å²) in [6, 6.07) is 24.1. The number of rotatable bonds is 6. The number of nitriles is 1. The van der Waals surface area contributed by atoms with E-state index in [1.807, 2.05) is 42.5 Å². The first kappa shape index (κ1) is 21.6. The lowest BCUT2D eigenvalue weighted by molar-refractivity contribution is -0.118. The first-order chi connectivity index (χ1) is 15.6. The number of nitrogens with zero attached hydrogens (tertiary/aromatic N) is 1. The average molecular weight is 425 g/mol. The molecule has 0 spiro atoms. The quantitative estimate of drug-likeness (QED) is 0.389. The van der Waals surface area contributed by atoms with Crippen LogP contribution in [0.1, 0.15) is 43.7 Å². The Morgan fingerprint density at radius 1 is 1.06 bits per heavy atom. The number of fused-ring (bicyclic) bond motifs is 1. The van der Waals surface area contributed by atoms with Gasteiger partial charge in [-0.15, -0.1) is 0 Å². The number of benzene rings is 3. The van der Waals surface area contributed by atoms with Gasteiger partial charge in [0.15, 0.2) is 0 Å². The van der Waals surface area contributed by atoms with Crippen molar-refractivity contribution in [2.75, 3.05) is 0 Å². The first-order valence-electron chi connectivity index (χ1n) is 11.3. The van der Waals surface area contributed by atoms with Crippen molar-refractivity contribution in [1.29, 1.82) is 5.26 Å². The van der Waals surface area contributed by atoms with E-state index >= 15 is 0 Å². The van der Waals surface area contributed by atoms with Crippen LogP contribution in [0.15, 0.2) is 72.3 Å². The molecule has 0 heterocycles. The molecule has 1 amide bonds. The molecule has 0 saturated heterocycles. The van der Waals surface area contributed by atoms with Gasteiger partial charge in [-0.05, 0) is 58.9 Å². The summed E-state index contributed by atoms with van der Waals surface area (Å²) in [5.41, 5.74) is 2.06. The van der Waals surface area contributed by atoms with E-state index in [4.69, 9.17) is 4.74 Å². The maximum atomic E-state index is 12.6. The number of carbonyl (C=O) groups is 1. The number of amides is 1. The fraction of sp³-hybridized carbons (Fsp3) is 0.286. The molecule has 4 rings (SSSR count). The van der Waals surface area contributed by atoms with Crippen LogP contribution < -0.4 is 10.1 Å². The van der Waals surface area contributed by atoms with Crippen LogP contribution in [0.25, 0.3) is 16.8 Å². The van der Waals surface area contributed by atoms with Gasteiger partial charge in [0.2, 0.25) is 0 Å². The fourth-order valence-electron chi connectivity index (χ4n) is 4.33. The van der Waals surface area contributed by atoms with Gasteiger partial charge in [0.1, 0.15) is 24.0 Å². The Hall–Kier alpha value is -3.58. The van der Waals surface area contributed by atoms with Gasteiger partial charge in [0, 0.05) is 6.04 Å². The summed E-state index contributed by atoms with van der Waals surface area (Å²) in [7, 11) is 0. The molecule has 162 valence electrons. The fourth-order valence-corrected chi connectivity index (χ4v) is 4.33. The third-order valence-corrected chi connectivity index (χ3v) is 6.26. The van der Waals surface area contributed by atoms with Crippen molar-refractivity contribution in [1.82, 2.24) is 5.32 Å². The van der Waals surface area contributed by atoms with E-state index in [2.05, 4.69) is 42.6 Å². The second kappa shape index (κ2) is 10.2. The Balaban J connectivity index is 1.40. The van der Waals surface area contributed by atoms with Crippen molar-refractivity contribution in [3.63, 3.8) is 0 Å². The largest absolute Gasteiger partial charge is 0.489 e. The predicted octanol–water partition coefficient (Wildman–Crippen LogP) is 6.02. The lowest BCUT2D eigenvalue weighted by Gasteiger charge is -2.29. The summed E-state index contributed by atoms with van der Waals surface area (Å²) in [6.07, 6.45) is 6.08. The zero-order chi connectivity index (χ0) is 22.3. The molecule has 0 radical (unpaired) electrons. The standard InChI is InChI=1S/C28H28N2O2/c1-20-7-2-5-12-27(20)30-28(31)24(18-29)17-21-13-15-25(16-14-21)32-19-23-10-6-9-22-8-3-4-11-26(22)23/h3-4,6,8-11,13-17,20,27H,2,5,7,12,19H2,1H3,(H,30,31)/b24-17+/t20-,27+/m0/s1. The van der Waals surface area contributed by atoms with Gasteiger partial charge >= 0.3 is 0 Å². The SMILES string of the molecule is C[C@H]1CCCC[C@H]1NC(=O)/C(C#N)=C/c1ccc(OCc2cccc3ccccc23)cc1. The second-order valence-corrected chi connectivity index (χ2v) is 8.51. The van der Waals surface area contributed by atoms with Gasteiger partial charge in [-0.2, -0.15) is 5.26 Å². The molecule has 2 atom stereocenters. The van der Waals surface area contributed by atoms with Crippen LogP contribution in [0.2, 0.25) is 0 Å². The Kier molecular flexibility index (Phi) is 6.87. The number of ether oxygens (including phenoxy) is 1. The molecule has 0 aliphatic heterocycles. The monoisotopic (exact) mass is 424 g/mol. The zero-order valence-electron chi connectivity index (χ0n) is 18.4. The topological polar surface area (TPSA) is 62.1 Å². The Morgan fingerprint density at radius 2 is 1.81 bits per heavy atom. The Bertz CT molecular complexity index is 1150. The van der Waals surface area contributed by atoms with Crippen molar-refractivity contribution in [3.8, 4) is 11.8 Å². The molecule has 4 nitrogen and oxygen atoms in total. The molecule has 3 aromatic carbocycles. The van der Waals surface area contributed by atoms with Crippen molar-refractivity contribution in [2.24, 2.45) is 5.92 Å². The lowest BCUT2D eigenvalue weighted by atomic mass is 9.86. The Morgan fingerprint density at radius 3 is 2.59 bits per heavy atom. The minimum absolute atomic E-state index is 0.132. The van der Waals surface area contributed by atoms with Crippen LogP contribution in [0.5, 0.6) is 5.75 Å². The molecule has 4 heteroatoms. The van der Waals surface area contributed by atoms with Gasteiger partial charge in [-0.3, -0.25) is 4.79 Å². The number of hydrogen-bond donors (Lipinski definition) is 1. The average Bonchev–Trinajstić information content (AvgIpc) is 2.83. The van der Waals surface area contributed by atoms with Gasteiger partial charge in [-0.25, -0.2) is 0 Å². The summed E-state index contributed by atoms with van der Waals surface area (Å²) >= 11 is 0. The number of carbonyl (C=O) groups excluding carboxylic acids is 1. The summed E-state index contributed by atoms with van der Waals surface area (Å²) in [6.45, 7) is 2.64. The maximum absolute atomic E-state index is 12.6. The van der Waals surface area contributed by atoms with Crippen LogP contribution in [-0.2, 0) is 11.4 Å². The van der Waals surface area contributed by atoms with Gasteiger partial charge in [-0.1, -0.05) is 74.4 Å². The highest BCUT2D eigenvalue weighted by Crippen LogP contribution is 2.24. The van der Waals surface area contributed by atoms with Gasteiger partial charge in [0.05, 0.1) is 0 Å². The van der Waals surface area contributed by atoms with Crippen molar-refractivity contribution in [2.45, 2.75) is 45.3 Å². The molecule has 1 saturated carbocycles. The molecular formula is C28H28N2O2. The minimum atomic E-state index is -0.289. The molecule has 1 N–H and O–H groups in total. The molecule has 1 fully saturated rings. The summed E-state index contributed by atoms with van der Waals surface area (Å²) < 4.78 is 5.98. The van der Waals surface area contributed by atoms with E-state index in [1.54, 1.807) is 6.08 Å². The predicted molar refractivity (Wildman–Crippen MR) is 128 cm³/mol. The van der Waals surface area contributed by atoms with E-state index in [1.165, 1.54) is 17.2 Å². The van der Waals surface area contributed by atoms with Crippen molar-refractivity contribution in [3.05, 3.63) is 83.4 Å². The van der Waals surface area contributed by atoms with E-state index in [-0.39, 0.29) is 17.5 Å². The van der Waals surface area contributed by atoms with E-state index in [0.717, 1.165) is 36.1 Å². The highest BCUT2D eigenvalue weighted by Gasteiger charge is 2.24. The molecule has 0 aromatic heterocycles. The summed E-state index contributed by atoms with van der Waals surface area (Å²) in [5.74, 6) is 0.905. The second-order valence-electron chi connectivity index (χ2n) is 8.51. The maximum Gasteiger partial charge on any atom is 0.262 e. The smallest absolute Gasteiger partial charge is 0.262 e. The van der Waals surface area contributed by atoms with Gasteiger partial charge in [0.25, 0.3) is 5.91 Å². The molecule has 1 aliphatic rings. The molecule has 3 aromatic rings. The third-order valence-electron chi connectivity index (χ3n) is 6.26. The van der Waals surface area contributed by atoms with Gasteiger partial charge < -0.3 is 10.1 Å².